The second-order valence-corrected chi connectivity index (χ2v) is 4.38. The van der Waals surface area contributed by atoms with Crippen molar-refractivity contribution in [3.8, 4) is 0 Å². The van der Waals surface area contributed by atoms with Crippen LogP contribution in [0, 0.1) is 11.8 Å². The van der Waals surface area contributed by atoms with Crippen LogP contribution in [0.1, 0.15) is 0 Å². The molecule has 0 amide bonds. The van der Waals surface area contributed by atoms with E-state index < -0.39 is 0 Å². The fraction of sp³-hybridized carbons (Fsp3) is 0.545. The SMILES string of the molecule is Nc1cccnc1N1CC2COCC2C1. The largest absolute Gasteiger partial charge is 0.396 e. The van der Waals surface area contributed by atoms with Gasteiger partial charge in [-0.2, -0.15) is 0 Å². The van der Waals surface area contributed by atoms with E-state index >= 15 is 0 Å². The Hall–Kier alpha value is -1.29. The van der Waals surface area contributed by atoms with E-state index in [1.165, 1.54) is 0 Å². The first-order valence-electron chi connectivity index (χ1n) is 5.38. The summed E-state index contributed by atoms with van der Waals surface area (Å²) in [6, 6.07) is 3.78. The Bertz CT molecular complexity index is 357. The van der Waals surface area contributed by atoms with Gasteiger partial charge in [0.1, 0.15) is 0 Å². The molecule has 2 aliphatic heterocycles. The first-order valence-corrected chi connectivity index (χ1v) is 5.38. The molecule has 0 saturated carbocycles. The lowest BCUT2D eigenvalue weighted by atomic mass is 10.0. The number of fused-ring (bicyclic) bond motifs is 1. The van der Waals surface area contributed by atoms with E-state index in [-0.39, 0.29) is 0 Å². The van der Waals surface area contributed by atoms with E-state index in [1.54, 1.807) is 6.20 Å². The summed E-state index contributed by atoms with van der Waals surface area (Å²) in [5, 5.41) is 0. The predicted octanol–water partition coefficient (Wildman–Crippen LogP) is 0.746. The number of hydrogen-bond acceptors (Lipinski definition) is 4. The summed E-state index contributed by atoms with van der Waals surface area (Å²) in [7, 11) is 0. The third kappa shape index (κ3) is 1.45. The molecule has 15 heavy (non-hydrogen) atoms. The molecular weight excluding hydrogens is 190 g/mol. The average molecular weight is 205 g/mol. The van der Waals surface area contributed by atoms with Crippen molar-refractivity contribution in [1.82, 2.24) is 4.98 Å². The molecule has 4 heteroatoms. The van der Waals surface area contributed by atoms with Crippen molar-refractivity contribution in [2.45, 2.75) is 0 Å². The molecule has 1 aromatic heterocycles. The van der Waals surface area contributed by atoms with E-state index in [2.05, 4.69) is 9.88 Å². The van der Waals surface area contributed by atoms with Gasteiger partial charge in [0, 0.05) is 31.1 Å². The molecule has 0 radical (unpaired) electrons. The number of nitrogens with zero attached hydrogens (tertiary/aromatic N) is 2. The van der Waals surface area contributed by atoms with Crippen LogP contribution in [0.3, 0.4) is 0 Å². The molecule has 1 aromatic rings. The van der Waals surface area contributed by atoms with E-state index in [0.717, 1.165) is 37.8 Å². The molecule has 0 bridgehead atoms. The zero-order valence-corrected chi connectivity index (χ0v) is 8.60. The van der Waals surface area contributed by atoms with Gasteiger partial charge in [-0.3, -0.25) is 0 Å². The molecule has 3 rings (SSSR count). The highest BCUT2D eigenvalue weighted by molar-refractivity contribution is 5.62. The van der Waals surface area contributed by atoms with Gasteiger partial charge in [-0.15, -0.1) is 0 Å². The molecular formula is C11H15N3O. The highest BCUT2D eigenvalue weighted by Gasteiger charge is 2.37. The highest BCUT2D eigenvalue weighted by atomic mass is 16.5. The molecule has 2 N–H and O–H groups in total. The zero-order valence-electron chi connectivity index (χ0n) is 8.60. The summed E-state index contributed by atoms with van der Waals surface area (Å²) in [5.41, 5.74) is 6.69. The molecule has 2 atom stereocenters. The normalized spacial score (nSPS) is 29.5. The Labute approximate surface area is 89.0 Å². The van der Waals surface area contributed by atoms with Crippen molar-refractivity contribution < 1.29 is 4.74 Å². The summed E-state index contributed by atoms with van der Waals surface area (Å²) in [6.07, 6.45) is 1.80. The standard InChI is InChI=1S/C11H15N3O/c12-10-2-1-3-13-11(10)14-4-8-6-15-7-9(8)5-14/h1-3,8-9H,4-7,12H2. The highest BCUT2D eigenvalue weighted by Crippen LogP contribution is 2.33. The van der Waals surface area contributed by atoms with Crippen LogP contribution in [0.5, 0.6) is 0 Å². The lowest BCUT2D eigenvalue weighted by Gasteiger charge is -2.19. The van der Waals surface area contributed by atoms with Gasteiger partial charge in [0.15, 0.2) is 5.82 Å². The lowest BCUT2D eigenvalue weighted by molar-refractivity contribution is 0.177. The number of ether oxygens (including phenoxy) is 1. The number of pyridine rings is 1. The summed E-state index contributed by atoms with van der Waals surface area (Å²) >= 11 is 0. The second-order valence-electron chi connectivity index (χ2n) is 4.38. The van der Waals surface area contributed by atoms with Gasteiger partial charge in [-0.25, -0.2) is 4.98 Å². The first kappa shape index (κ1) is 8.97. The van der Waals surface area contributed by atoms with Crippen LogP contribution in [0.4, 0.5) is 11.5 Å². The Kier molecular flexibility index (Phi) is 2.02. The third-order valence-electron chi connectivity index (χ3n) is 3.36. The number of aromatic nitrogens is 1. The van der Waals surface area contributed by atoms with E-state index in [4.69, 9.17) is 10.5 Å². The van der Waals surface area contributed by atoms with E-state index in [0.29, 0.717) is 11.8 Å². The summed E-state index contributed by atoms with van der Waals surface area (Å²) in [6.45, 7) is 3.86. The maximum atomic E-state index is 5.92. The topological polar surface area (TPSA) is 51.4 Å². The molecule has 80 valence electrons. The van der Waals surface area contributed by atoms with E-state index in [9.17, 15) is 0 Å². The van der Waals surface area contributed by atoms with Crippen molar-refractivity contribution >= 4 is 11.5 Å². The first-order chi connectivity index (χ1) is 7.34. The van der Waals surface area contributed by atoms with Gasteiger partial charge in [0.25, 0.3) is 0 Å². The lowest BCUT2D eigenvalue weighted by Crippen LogP contribution is -2.24. The van der Waals surface area contributed by atoms with Crippen molar-refractivity contribution in [3.63, 3.8) is 0 Å². The molecule has 0 spiro atoms. The maximum Gasteiger partial charge on any atom is 0.151 e. The summed E-state index contributed by atoms with van der Waals surface area (Å²) in [4.78, 5) is 6.63. The zero-order chi connectivity index (χ0) is 10.3. The summed E-state index contributed by atoms with van der Waals surface area (Å²) < 4.78 is 5.45. The Morgan fingerprint density at radius 1 is 1.33 bits per heavy atom. The molecule has 0 aliphatic carbocycles. The molecule has 3 heterocycles. The quantitative estimate of drug-likeness (QED) is 0.735. The van der Waals surface area contributed by atoms with Gasteiger partial charge in [-0.1, -0.05) is 0 Å². The molecule has 4 nitrogen and oxygen atoms in total. The van der Waals surface area contributed by atoms with Crippen LogP contribution in [-0.4, -0.2) is 31.3 Å². The second kappa shape index (κ2) is 3.38. The maximum absolute atomic E-state index is 5.92. The van der Waals surface area contributed by atoms with Crippen molar-refractivity contribution in [1.29, 1.82) is 0 Å². The predicted molar refractivity (Wildman–Crippen MR) is 58.7 cm³/mol. The number of nitrogen functional groups attached to an aromatic ring is 1. The number of nitrogens with two attached hydrogens (primary N) is 1. The van der Waals surface area contributed by atoms with Crippen LogP contribution in [-0.2, 0) is 4.74 Å². The van der Waals surface area contributed by atoms with Gasteiger partial charge < -0.3 is 15.4 Å². The molecule has 2 aliphatic rings. The smallest absolute Gasteiger partial charge is 0.151 e. The molecule has 2 unspecified atom stereocenters. The van der Waals surface area contributed by atoms with Gasteiger partial charge in [0.05, 0.1) is 18.9 Å². The number of hydrogen-bond donors (Lipinski definition) is 1. The van der Waals surface area contributed by atoms with Crippen LogP contribution in [0.25, 0.3) is 0 Å². The molecule has 0 aromatic carbocycles. The van der Waals surface area contributed by atoms with Gasteiger partial charge in [-0.05, 0) is 12.1 Å². The average Bonchev–Trinajstić information content (AvgIpc) is 2.77. The van der Waals surface area contributed by atoms with Crippen molar-refractivity contribution in [3.05, 3.63) is 18.3 Å². The number of anilines is 2. The number of rotatable bonds is 1. The summed E-state index contributed by atoms with van der Waals surface area (Å²) in [5.74, 6) is 2.28. The minimum absolute atomic E-state index is 0.673. The monoisotopic (exact) mass is 205 g/mol. The fourth-order valence-electron chi connectivity index (χ4n) is 2.53. The van der Waals surface area contributed by atoms with Gasteiger partial charge >= 0.3 is 0 Å². The van der Waals surface area contributed by atoms with E-state index in [1.807, 2.05) is 12.1 Å². The Morgan fingerprint density at radius 2 is 2.07 bits per heavy atom. The fourth-order valence-corrected chi connectivity index (χ4v) is 2.53. The van der Waals surface area contributed by atoms with Crippen LogP contribution >= 0.6 is 0 Å². The Balaban J connectivity index is 1.82. The Morgan fingerprint density at radius 3 is 2.73 bits per heavy atom. The van der Waals surface area contributed by atoms with Crippen molar-refractivity contribution in [2.24, 2.45) is 11.8 Å². The molecule has 2 fully saturated rings. The molecule has 2 saturated heterocycles. The minimum atomic E-state index is 0.673. The van der Waals surface area contributed by atoms with Crippen LogP contribution < -0.4 is 10.6 Å². The van der Waals surface area contributed by atoms with Crippen LogP contribution in [0.15, 0.2) is 18.3 Å². The third-order valence-corrected chi connectivity index (χ3v) is 3.36. The van der Waals surface area contributed by atoms with Crippen molar-refractivity contribution in [2.75, 3.05) is 36.9 Å². The van der Waals surface area contributed by atoms with Crippen LogP contribution in [0.2, 0.25) is 0 Å². The minimum Gasteiger partial charge on any atom is -0.396 e. The van der Waals surface area contributed by atoms with Gasteiger partial charge in [0.2, 0.25) is 0 Å².